The van der Waals surface area contributed by atoms with Crippen LogP contribution in [0.15, 0.2) is 54.6 Å². The van der Waals surface area contributed by atoms with Crippen molar-refractivity contribution in [3.8, 4) is 0 Å². The summed E-state index contributed by atoms with van der Waals surface area (Å²) in [5.74, 6) is -0.114. The Morgan fingerprint density at radius 1 is 1.06 bits per heavy atom. The second-order valence-electron chi connectivity index (χ2n) is 7.69. The van der Waals surface area contributed by atoms with Gasteiger partial charge in [0.2, 0.25) is 11.8 Å². The summed E-state index contributed by atoms with van der Waals surface area (Å²) >= 11 is 0. The summed E-state index contributed by atoms with van der Waals surface area (Å²) < 4.78 is 0. The van der Waals surface area contributed by atoms with Crippen molar-refractivity contribution in [3.63, 3.8) is 0 Å². The minimum atomic E-state index is -0.471. The first kappa shape index (κ1) is 22.0. The maximum Gasteiger partial charge on any atom is 0.270 e. The number of piperazine rings is 1. The van der Waals surface area contributed by atoms with Crippen LogP contribution in [-0.4, -0.2) is 47.8 Å². The van der Waals surface area contributed by atoms with Crippen LogP contribution >= 0.6 is 0 Å². The van der Waals surface area contributed by atoms with Crippen LogP contribution in [0.4, 0.5) is 17.1 Å². The molecule has 0 aromatic heterocycles. The minimum Gasteiger partial charge on any atom is -0.368 e. The molecule has 0 atom stereocenters. The van der Waals surface area contributed by atoms with Crippen molar-refractivity contribution < 1.29 is 14.5 Å². The molecule has 0 bridgehead atoms. The van der Waals surface area contributed by atoms with E-state index in [1.54, 1.807) is 12.1 Å². The molecular weight excluding hydrogens is 396 g/mol. The maximum absolute atomic E-state index is 12.2. The van der Waals surface area contributed by atoms with Gasteiger partial charge < -0.3 is 15.1 Å². The molecule has 1 heterocycles. The molecule has 8 nitrogen and oxygen atoms in total. The monoisotopic (exact) mass is 422 g/mol. The fourth-order valence-electron chi connectivity index (χ4n) is 3.40. The average molecular weight is 422 g/mol. The molecule has 2 amide bonds. The zero-order valence-corrected chi connectivity index (χ0v) is 17.7. The van der Waals surface area contributed by atoms with Crippen LogP contribution in [0.3, 0.4) is 0 Å². The van der Waals surface area contributed by atoms with Crippen molar-refractivity contribution in [3.05, 3.63) is 70.3 Å². The normalized spacial score (nSPS) is 14.2. The van der Waals surface area contributed by atoms with E-state index in [0.29, 0.717) is 24.3 Å². The quantitative estimate of drug-likeness (QED) is 0.436. The molecule has 0 unspecified atom stereocenters. The molecule has 162 valence electrons. The Balaban J connectivity index is 1.54. The molecule has 1 N–H and O–H groups in total. The summed E-state index contributed by atoms with van der Waals surface area (Å²) in [4.78, 5) is 38.8. The molecule has 8 heteroatoms. The first-order valence-electron chi connectivity index (χ1n) is 10.2. The van der Waals surface area contributed by atoms with E-state index < -0.39 is 4.92 Å². The van der Waals surface area contributed by atoms with Gasteiger partial charge in [0.1, 0.15) is 0 Å². The number of anilines is 2. The largest absolute Gasteiger partial charge is 0.368 e. The Labute approximate surface area is 181 Å². The fraction of sp³-hybridized carbons (Fsp3) is 0.304. The van der Waals surface area contributed by atoms with Gasteiger partial charge in [-0.05, 0) is 35.9 Å². The van der Waals surface area contributed by atoms with Crippen molar-refractivity contribution in [1.82, 2.24) is 4.90 Å². The lowest BCUT2D eigenvalue weighted by molar-refractivity contribution is -0.384. The first-order valence-corrected chi connectivity index (χ1v) is 10.2. The van der Waals surface area contributed by atoms with Crippen LogP contribution in [0.1, 0.15) is 19.4 Å². The minimum absolute atomic E-state index is 0.0144. The highest BCUT2D eigenvalue weighted by atomic mass is 16.6. The van der Waals surface area contributed by atoms with Gasteiger partial charge in [-0.2, -0.15) is 0 Å². The second-order valence-corrected chi connectivity index (χ2v) is 7.69. The molecule has 31 heavy (non-hydrogen) atoms. The number of nitro benzene ring substituents is 1. The molecular formula is C23H26N4O4. The maximum atomic E-state index is 12.2. The highest BCUT2D eigenvalue weighted by Gasteiger charge is 2.22. The zero-order valence-electron chi connectivity index (χ0n) is 17.7. The van der Waals surface area contributed by atoms with Crippen molar-refractivity contribution in [2.24, 2.45) is 5.92 Å². The average Bonchev–Trinajstić information content (AvgIpc) is 2.78. The summed E-state index contributed by atoms with van der Waals surface area (Å²) in [6.45, 7) is 6.79. The van der Waals surface area contributed by atoms with Gasteiger partial charge in [-0.1, -0.05) is 26.0 Å². The lowest BCUT2D eigenvalue weighted by Gasteiger charge is -2.37. The van der Waals surface area contributed by atoms with E-state index in [1.165, 1.54) is 24.3 Å². The summed E-state index contributed by atoms with van der Waals surface area (Å²) in [5, 5.41) is 13.6. The van der Waals surface area contributed by atoms with E-state index in [1.807, 2.05) is 43.0 Å². The molecule has 0 aliphatic carbocycles. The standard InChI is InChI=1S/C23H26N4O4/c1-17(2)23(29)26-14-12-25(13-15-26)20-9-7-19(8-10-20)24-22(28)11-6-18-4-3-5-21(16-18)27(30)31/h3-11,16-17H,12-15H2,1-2H3,(H,24,28). The highest BCUT2D eigenvalue weighted by molar-refractivity contribution is 6.02. The van der Waals surface area contributed by atoms with E-state index in [0.717, 1.165) is 18.8 Å². The molecule has 0 radical (unpaired) electrons. The smallest absolute Gasteiger partial charge is 0.270 e. The number of rotatable bonds is 6. The lowest BCUT2D eigenvalue weighted by atomic mass is 10.1. The van der Waals surface area contributed by atoms with Crippen LogP contribution in [0.5, 0.6) is 0 Å². The number of carbonyl (C=O) groups is 2. The number of amides is 2. The number of nitro groups is 1. The Hall–Kier alpha value is -3.68. The fourth-order valence-corrected chi connectivity index (χ4v) is 3.40. The first-order chi connectivity index (χ1) is 14.8. The number of nitrogens with zero attached hydrogens (tertiary/aromatic N) is 3. The third-order valence-corrected chi connectivity index (χ3v) is 5.09. The molecule has 2 aromatic rings. The third-order valence-electron chi connectivity index (χ3n) is 5.09. The second kappa shape index (κ2) is 9.88. The van der Waals surface area contributed by atoms with E-state index >= 15 is 0 Å². The number of non-ortho nitro benzene ring substituents is 1. The number of nitrogens with one attached hydrogen (secondary N) is 1. The topological polar surface area (TPSA) is 95.8 Å². The predicted molar refractivity (Wildman–Crippen MR) is 121 cm³/mol. The van der Waals surface area contributed by atoms with Gasteiger partial charge in [0.25, 0.3) is 5.69 Å². The molecule has 1 aliphatic heterocycles. The Bertz CT molecular complexity index is 977. The Morgan fingerprint density at radius 2 is 1.74 bits per heavy atom. The molecule has 3 rings (SSSR count). The SMILES string of the molecule is CC(C)C(=O)N1CCN(c2ccc(NC(=O)C=Cc3cccc([N+](=O)[O-])c3)cc2)CC1. The molecule has 1 fully saturated rings. The number of carbonyl (C=O) groups excluding carboxylic acids is 2. The van der Waals surface area contributed by atoms with Crippen LogP contribution in [0, 0.1) is 16.0 Å². The molecule has 0 spiro atoms. The van der Waals surface area contributed by atoms with Gasteiger partial charge in [-0.25, -0.2) is 0 Å². The van der Waals surface area contributed by atoms with Gasteiger partial charge in [0.15, 0.2) is 0 Å². The molecule has 1 saturated heterocycles. The summed E-state index contributed by atoms with van der Waals surface area (Å²) in [5.41, 5.74) is 2.26. The van der Waals surface area contributed by atoms with Gasteiger partial charge in [0, 0.05) is 61.7 Å². The molecule has 1 aliphatic rings. The van der Waals surface area contributed by atoms with Crippen LogP contribution in [-0.2, 0) is 9.59 Å². The highest BCUT2D eigenvalue weighted by Crippen LogP contribution is 2.20. The zero-order chi connectivity index (χ0) is 22.4. The molecule has 2 aromatic carbocycles. The van der Waals surface area contributed by atoms with Crippen LogP contribution in [0.25, 0.3) is 6.08 Å². The van der Waals surface area contributed by atoms with E-state index in [9.17, 15) is 19.7 Å². The lowest BCUT2D eigenvalue weighted by Crippen LogP contribution is -2.49. The van der Waals surface area contributed by atoms with Gasteiger partial charge in [-0.3, -0.25) is 19.7 Å². The number of benzene rings is 2. The van der Waals surface area contributed by atoms with Gasteiger partial charge in [0.05, 0.1) is 4.92 Å². The number of hydrogen-bond acceptors (Lipinski definition) is 5. The van der Waals surface area contributed by atoms with Crippen molar-refractivity contribution in [1.29, 1.82) is 0 Å². The van der Waals surface area contributed by atoms with Gasteiger partial charge in [-0.15, -0.1) is 0 Å². The number of hydrogen-bond donors (Lipinski definition) is 1. The van der Waals surface area contributed by atoms with Crippen molar-refractivity contribution in [2.75, 3.05) is 36.4 Å². The summed E-state index contributed by atoms with van der Waals surface area (Å²) in [7, 11) is 0. The third kappa shape index (κ3) is 5.91. The van der Waals surface area contributed by atoms with Crippen molar-refractivity contribution in [2.45, 2.75) is 13.8 Å². The van der Waals surface area contributed by atoms with E-state index in [-0.39, 0.29) is 23.4 Å². The van der Waals surface area contributed by atoms with E-state index in [4.69, 9.17) is 0 Å². The van der Waals surface area contributed by atoms with Crippen LogP contribution in [0.2, 0.25) is 0 Å². The Morgan fingerprint density at radius 3 is 2.35 bits per heavy atom. The van der Waals surface area contributed by atoms with Crippen LogP contribution < -0.4 is 10.2 Å². The Kier molecular flexibility index (Phi) is 7.02. The van der Waals surface area contributed by atoms with E-state index in [2.05, 4.69) is 10.2 Å². The van der Waals surface area contributed by atoms with Gasteiger partial charge >= 0.3 is 0 Å². The van der Waals surface area contributed by atoms with Crippen molar-refractivity contribution >= 4 is 35.0 Å². The summed E-state index contributed by atoms with van der Waals surface area (Å²) in [6, 6.07) is 13.6. The molecule has 0 saturated carbocycles. The summed E-state index contributed by atoms with van der Waals surface area (Å²) in [6.07, 6.45) is 2.88. The predicted octanol–water partition coefficient (Wildman–Crippen LogP) is 3.55.